The molecule has 1 aliphatic rings. The van der Waals surface area contributed by atoms with Crippen LogP contribution in [0.2, 0.25) is 0 Å². The van der Waals surface area contributed by atoms with Crippen molar-refractivity contribution < 1.29 is 14.1 Å². The van der Waals surface area contributed by atoms with Crippen molar-refractivity contribution in [3.8, 4) is 0 Å². The summed E-state index contributed by atoms with van der Waals surface area (Å²) in [6.45, 7) is 7.01. The lowest BCUT2D eigenvalue weighted by Crippen LogP contribution is -2.42. The number of hydrogen-bond acceptors (Lipinski definition) is 2. The van der Waals surface area contributed by atoms with Crippen LogP contribution in [0.4, 0.5) is 0 Å². The zero-order valence-electron chi connectivity index (χ0n) is 12.8. The van der Waals surface area contributed by atoms with Gasteiger partial charge in [0.2, 0.25) is 6.54 Å². The monoisotopic (exact) mass is 276 g/mol. The van der Waals surface area contributed by atoms with E-state index in [1.54, 1.807) is 0 Å². The average Bonchev–Trinajstić information content (AvgIpc) is 2.39. The standard InChI is InChI=1S/C17H26NO2/c1-13(2)15-8-7-14(3)11-16(15)20-17(19)12-18-9-5-4-6-10-18/h4-6,9-10,13-16H,7-8,11-12H2,1-3H3/q+1/t14-,15+,16+/m0/s1. The molecule has 0 spiro atoms. The molecule has 1 aromatic rings. The molecule has 3 nitrogen and oxygen atoms in total. The molecule has 110 valence electrons. The summed E-state index contributed by atoms with van der Waals surface area (Å²) in [7, 11) is 0. The molecule has 1 aromatic heterocycles. The largest absolute Gasteiger partial charge is 0.457 e. The summed E-state index contributed by atoms with van der Waals surface area (Å²) in [6, 6.07) is 5.79. The maximum Gasteiger partial charge on any atom is 0.372 e. The van der Waals surface area contributed by atoms with Crippen molar-refractivity contribution in [3.05, 3.63) is 30.6 Å². The third kappa shape index (κ3) is 4.06. The number of aromatic nitrogens is 1. The lowest BCUT2D eigenvalue weighted by atomic mass is 9.75. The molecule has 0 saturated heterocycles. The molecule has 0 unspecified atom stereocenters. The predicted molar refractivity (Wildman–Crippen MR) is 77.9 cm³/mol. The molecule has 1 aliphatic carbocycles. The molecular formula is C17H26NO2+. The molecule has 0 N–H and O–H groups in total. The zero-order valence-corrected chi connectivity index (χ0v) is 12.8. The van der Waals surface area contributed by atoms with Crippen LogP contribution >= 0.6 is 0 Å². The van der Waals surface area contributed by atoms with Crippen molar-refractivity contribution in [2.24, 2.45) is 17.8 Å². The van der Waals surface area contributed by atoms with Gasteiger partial charge in [-0.3, -0.25) is 0 Å². The van der Waals surface area contributed by atoms with Gasteiger partial charge >= 0.3 is 5.97 Å². The maximum atomic E-state index is 12.1. The smallest absolute Gasteiger partial charge is 0.372 e. The summed E-state index contributed by atoms with van der Waals surface area (Å²) in [5.74, 6) is 1.62. The predicted octanol–water partition coefficient (Wildman–Crippen LogP) is 2.98. The van der Waals surface area contributed by atoms with Crippen molar-refractivity contribution in [2.75, 3.05) is 0 Å². The summed E-state index contributed by atoms with van der Waals surface area (Å²) < 4.78 is 7.64. The maximum absolute atomic E-state index is 12.1. The topological polar surface area (TPSA) is 30.2 Å². The normalized spacial score (nSPS) is 26.5. The van der Waals surface area contributed by atoms with Gasteiger partial charge in [0.15, 0.2) is 12.4 Å². The fraction of sp³-hybridized carbons (Fsp3) is 0.647. The van der Waals surface area contributed by atoms with Gasteiger partial charge in [0.25, 0.3) is 0 Å². The number of hydrogen-bond donors (Lipinski definition) is 0. The van der Waals surface area contributed by atoms with Gasteiger partial charge in [0.05, 0.1) is 0 Å². The van der Waals surface area contributed by atoms with Crippen molar-refractivity contribution in [1.82, 2.24) is 0 Å². The molecule has 0 bridgehead atoms. The van der Waals surface area contributed by atoms with Crippen LogP contribution in [0.15, 0.2) is 30.6 Å². The Hall–Kier alpha value is -1.38. The van der Waals surface area contributed by atoms with Crippen molar-refractivity contribution in [1.29, 1.82) is 0 Å². The molecule has 0 aliphatic heterocycles. The minimum Gasteiger partial charge on any atom is -0.457 e. The van der Waals surface area contributed by atoms with E-state index in [0.29, 0.717) is 24.3 Å². The second-order valence-electron chi connectivity index (χ2n) is 6.40. The number of carbonyl (C=O) groups is 1. The van der Waals surface area contributed by atoms with Crippen LogP contribution in [0, 0.1) is 17.8 Å². The fourth-order valence-corrected chi connectivity index (χ4v) is 3.15. The molecule has 0 amide bonds. The van der Waals surface area contributed by atoms with E-state index in [1.165, 1.54) is 12.8 Å². The Labute approximate surface area is 122 Å². The highest BCUT2D eigenvalue weighted by Crippen LogP contribution is 2.35. The molecule has 1 saturated carbocycles. The quantitative estimate of drug-likeness (QED) is 0.625. The van der Waals surface area contributed by atoms with Gasteiger partial charge in [-0.15, -0.1) is 0 Å². The van der Waals surface area contributed by atoms with Crippen LogP contribution in [0.3, 0.4) is 0 Å². The molecule has 0 aromatic carbocycles. The van der Waals surface area contributed by atoms with Crippen molar-refractivity contribution >= 4 is 5.97 Å². The van der Waals surface area contributed by atoms with Gasteiger partial charge in [0.1, 0.15) is 6.10 Å². The Morgan fingerprint density at radius 3 is 2.60 bits per heavy atom. The first-order chi connectivity index (χ1) is 9.56. The molecule has 1 heterocycles. The second-order valence-corrected chi connectivity index (χ2v) is 6.40. The number of carbonyl (C=O) groups excluding carboxylic acids is 1. The molecular weight excluding hydrogens is 250 g/mol. The van der Waals surface area contributed by atoms with E-state index in [1.807, 2.05) is 35.2 Å². The lowest BCUT2D eigenvalue weighted by Gasteiger charge is -2.36. The average molecular weight is 276 g/mol. The number of ether oxygens (including phenoxy) is 1. The highest BCUT2D eigenvalue weighted by Gasteiger charge is 2.33. The van der Waals surface area contributed by atoms with Gasteiger partial charge in [-0.05, 0) is 30.6 Å². The molecule has 3 atom stereocenters. The van der Waals surface area contributed by atoms with Crippen LogP contribution in [0.5, 0.6) is 0 Å². The number of esters is 1. The number of rotatable bonds is 4. The Kier molecular flexibility index (Phi) is 5.16. The Morgan fingerprint density at radius 1 is 1.25 bits per heavy atom. The highest BCUT2D eigenvalue weighted by atomic mass is 16.5. The first-order valence-corrected chi connectivity index (χ1v) is 7.70. The van der Waals surface area contributed by atoms with E-state index in [4.69, 9.17) is 4.74 Å². The summed E-state index contributed by atoms with van der Waals surface area (Å²) in [6.07, 6.45) is 7.32. The zero-order chi connectivity index (χ0) is 14.5. The minimum absolute atomic E-state index is 0.0931. The van der Waals surface area contributed by atoms with E-state index in [0.717, 1.165) is 6.42 Å². The molecule has 20 heavy (non-hydrogen) atoms. The van der Waals surface area contributed by atoms with Crippen LogP contribution in [0.1, 0.15) is 40.0 Å². The lowest BCUT2D eigenvalue weighted by molar-refractivity contribution is -0.686. The van der Waals surface area contributed by atoms with Gasteiger partial charge in [-0.1, -0.05) is 33.3 Å². The van der Waals surface area contributed by atoms with Crippen LogP contribution < -0.4 is 4.57 Å². The Balaban J connectivity index is 1.94. The van der Waals surface area contributed by atoms with Gasteiger partial charge in [-0.2, -0.15) is 4.57 Å². The third-order valence-corrected chi connectivity index (χ3v) is 4.33. The van der Waals surface area contributed by atoms with Gasteiger partial charge in [0, 0.05) is 12.1 Å². The second kappa shape index (κ2) is 6.87. The van der Waals surface area contributed by atoms with Crippen molar-refractivity contribution in [3.63, 3.8) is 0 Å². The molecule has 0 radical (unpaired) electrons. The first-order valence-electron chi connectivity index (χ1n) is 7.70. The number of nitrogens with zero attached hydrogens (tertiary/aromatic N) is 1. The van der Waals surface area contributed by atoms with E-state index in [-0.39, 0.29) is 12.1 Å². The van der Waals surface area contributed by atoms with Gasteiger partial charge in [-0.25, -0.2) is 4.79 Å². The van der Waals surface area contributed by atoms with E-state index < -0.39 is 0 Å². The summed E-state index contributed by atoms with van der Waals surface area (Å²) in [5, 5.41) is 0. The molecule has 1 fully saturated rings. The SMILES string of the molecule is CC(C)[C@H]1CC[C@H](C)C[C@H]1OC(=O)C[n+]1ccccc1. The molecule has 3 heteroatoms. The fourth-order valence-electron chi connectivity index (χ4n) is 3.15. The van der Waals surface area contributed by atoms with E-state index in [2.05, 4.69) is 20.8 Å². The van der Waals surface area contributed by atoms with E-state index in [9.17, 15) is 4.79 Å². The van der Waals surface area contributed by atoms with Crippen LogP contribution in [-0.2, 0) is 16.1 Å². The third-order valence-electron chi connectivity index (χ3n) is 4.33. The van der Waals surface area contributed by atoms with Crippen molar-refractivity contribution in [2.45, 2.75) is 52.7 Å². The summed E-state index contributed by atoms with van der Waals surface area (Å²) >= 11 is 0. The summed E-state index contributed by atoms with van der Waals surface area (Å²) in [5.41, 5.74) is 0. The number of pyridine rings is 1. The Morgan fingerprint density at radius 2 is 1.95 bits per heavy atom. The van der Waals surface area contributed by atoms with Gasteiger partial charge < -0.3 is 4.74 Å². The van der Waals surface area contributed by atoms with E-state index >= 15 is 0 Å². The van der Waals surface area contributed by atoms with Crippen LogP contribution in [0.25, 0.3) is 0 Å². The van der Waals surface area contributed by atoms with Crippen LogP contribution in [-0.4, -0.2) is 12.1 Å². The summed E-state index contributed by atoms with van der Waals surface area (Å²) in [4.78, 5) is 12.1. The minimum atomic E-state index is -0.119. The molecule has 2 rings (SSSR count). The Bertz CT molecular complexity index is 430. The highest BCUT2D eigenvalue weighted by molar-refractivity contribution is 5.67. The first kappa shape index (κ1) is 15.0.